The van der Waals surface area contributed by atoms with E-state index in [2.05, 4.69) is 0 Å². The molecule has 0 aliphatic heterocycles. The van der Waals surface area contributed by atoms with Crippen LogP contribution < -0.4 is 11.5 Å². The van der Waals surface area contributed by atoms with Crippen LogP contribution in [0.5, 0.6) is 5.75 Å². The van der Waals surface area contributed by atoms with Crippen LogP contribution in [0.15, 0.2) is 12.1 Å². The quantitative estimate of drug-likeness (QED) is 0.680. The first-order valence-electron chi connectivity index (χ1n) is 4.82. The number of phenols is 1. The van der Waals surface area contributed by atoms with Crippen LogP contribution in [0.3, 0.4) is 0 Å². The molecule has 0 spiro atoms. The Labute approximate surface area is 84.7 Å². The third-order valence-electron chi connectivity index (χ3n) is 2.42. The van der Waals surface area contributed by atoms with E-state index in [0.29, 0.717) is 12.3 Å². The van der Waals surface area contributed by atoms with Crippen LogP contribution in [0.25, 0.3) is 0 Å². The van der Waals surface area contributed by atoms with Crippen LogP contribution in [0.4, 0.5) is 0 Å². The van der Waals surface area contributed by atoms with Gasteiger partial charge >= 0.3 is 0 Å². The Morgan fingerprint density at radius 1 is 1.29 bits per heavy atom. The van der Waals surface area contributed by atoms with Gasteiger partial charge in [0, 0.05) is 6.04 Å². The normalized spacial score (nSPS) is 12.9. The van der Waals surface area contributed by atoms with Crippen molar-refractivity contribution >= 4 is 0 Å². The van der Waals surface area contributed by atoms with Gasteiger partial charge in [0.2, 0.25) is 0 Å². The minimum Gasteiger partial charge on any atom is -0.507 e. The Kier molecular flexibility index (Phi) is 3.49. The minimum absolute atomic E-state index is 0.0296. The molecule has 0 aromatic heterocycles. The fourth-order valence-corrected chi connectivity index (χ4v) is 1.55. The van der Waals surface area contributed by atoms with Gasteiger partial charge in [0.15, 0.2) is 0 Å². The number of phenolic OH excluding ortho intramolecular Hbond substituents is 1. The Bertz CT molecular complexity index is 300. The molecule has 0 amide bonds. The highest BCUT2D eigenvalue weighted by Crippen LogP contribution is 2.26. The summed E-state index contributed by atoms with van der Waals surface area (Å²) in [6.45, 7) is 4.34. The van der Waals surface area contributed by atoms with Crippen molar-refractivity contribution in [3.8, 4) is 5.75 Å². The summed E-state index contributed by atoms with van der Waals surface area (Å²) >= 11 is 0. The number of hydrogen-bond donors (Lipinski definition) is 3. The molecule has 14 heavy (non-hydrogen) atoms. The monoisotopic (exact) mass is 194 g/mol. The van der Waals surface area contributed by atoms with Gasteiger partial charge < -0.3 is 16.6 Å². The first-order valence-corrected chi connectivity index (χ1v) is 4.82. The summed E-state index contributed by atoms with van der Waals surface area (Å²) in [5.74, 6) is 0.355. The van der Waals surface area contributed by atoms with Gasteiger partial charge in [-0.05, 0) is 43.5 Å². The van der Waals surface area contributed by atoms with Crippen LogP contribution in [0.2, 0.25) is 0 Å². The van der Waals surface area contributed by atoms with Crippen molar-refractivity contribution in [3.63, 3.8) is 0 Å². The van der Waals surface area contributed by atoms with E-state index in [1.165, 1.54) is 0 Å². The largest absolute Gasteiger partial charge is 0.507 e. The molecule has 1 aromatic carbocycles. The van der Waals surface area contributed by atoms with E-state index in [-0.39, 0.29) is 6.04 Å². The number of aromatic hydroxyl groups is 1. The number of benzene rings is 1. The highest BCUT2D eigenvalue weighted by Gasteiger charge is 2.08. The van der Waals surface area contributed by atoms with Crippen LogP contribution in [0, 0.1) is 13.8 Å². The Morgan fingerprint density at radius 2 is 1.79 bits per heavy atom. The van der Waals surface area contributed by atoms with Crippen molar-refractivity contribution in [2.45, 2.75) is 26.3 Å². The second-order valence-corrected chi connectivity index (χ2v) is 3.69. The third-order valence-corrected chi connectivity index (χ3v) is 2.42. The molecule has 1 atom stereocenters. The lowest BCUT2D eigenvalue weighted by Gasteiger charge is -2.13. The molecule has 0 heterocycles. The smallest absolute Gasteiger partial charge is 0.121 e. The topological polar surface area (TPSA) is 72.3 Å². The standard InChI is InChI=1S/C11H18N2O/c1-7-5-9(10(13)3-4-12)6-8(2)11(7)14/h5-6,10,14H,3-4,12-13H2,1-2H3/t10-/m0/s1. The molecular weight excluding hydrogens is 176 g/mol. The maximum atomic E-state index is 9.58. The molecular formula is C11H18N2O. The molecule has 0 aliphatic rings. The fraction of sp³-hybridized carbons (Fsp3) is 0.455. The van der Waals surface area contributed by atoms with Gasteiger partial charge in [-0.15, -0.1) is 0 Å². The Balaban J connectivity index is 3.00. The van der Waals surface area contributed by atoms with Gasteiger partial charge in [-0.1, -0.05) is 12.1 Å². The summed E-state index contributed by atoms with van der Waals surface area (Å²) in [5.41, 5.74) is 14.2. The molecule has 0 saturated heterocycles. The summed E-state index contributed by atoms with van der Waals surface area (Å²) in [4.78, 5) is 0. The van der Waals surface area contributed by atoms with Crippen molar-refractivity contribution < 1.29 is 5.11 Å². The van der Waals surface area contributed by atoms with E-state index in [1.807, 2.05) is 26.0 Å². The van der Waals surface area contributed by atoms with E-state index in [0.717, 1.165) is 23.1 Å². The first-order chi connectivity index (χ1) is 6.56. The van der Waals surface area contributed by atoms with E-state index in [9.17, 15) is 5.11 Å². The van der Waals surface area contributed by atoms with Crippen LogP contribution in [-0.2, 0) is 0 Å². The highest BCUT2D eigenvalue weighted by molar-refractivity contribution is 5.43. The molecule has 5 N–H and O–H groups in total. The molecule has 0 aliphatic carbocycles. The molecule has 0 bridgehead atoms. The molecule has 78 valence electrons. The second-order valence-electron chi connectivity index (χ2n) is 3.69. The van der Waals surface area contributed by atoms with Crippen LogP contribution in [0.1, 0.15) is 29.2 Å². The zero-order chi connectivity index (χ0) is 10.7. The van der Waals surface area contributed by atoms with Gasteiger partial charge in [0.1, 0.15) is 5.75 Å². The Hall–Kier alpha value is -1.06. The minimum atomic E-state index is -0.0296. The molecule has 3 nitrogen and oxygen atoms in total. The molecule has 1 aromatic rings. The Morgan fingerprint density at radius 3 is 2.21 bits per heavy atom. The molecule has 1 rings (SSSR count). The lowest BCUT2D eigenvalue weighted by Crippen LogP contribution is -2.15. The van der Waals surface area contributed by atoms with Crippen LogP contribution in [-0.4, -0.2) is 11.7 Å². The zero-order valence-corrected chi connectivity index (χ0v) is 8.75. The lowest BCUT2D eigenvalue weighted by atomic mass is 9.99. The summed E-state index contributed by atoms with van der Waals surface area (Å²) < 4.78 is 0. The maximum absolute atomic E-state index is 9.58. The van der Waals surface area contributed by atoms with E-state index < -0.39 is 0 Å². The third kappa shape index (κ3) is 2.25. The molecule has 0 unspecified atom stereocenters. The predicted octanol–water partition coefficient (Wildman–Crippen LogP) is 1.36. The SMILES string of the molecule is Cc1cc([C@@H](N)CCN)cc(C)c1O. The molecule has 0 radical (unpaired) electrons. The van der Waals surface area contributed by atoms with Crippen molar-refractivity contribution in [1.29, 1.82) is 0 Å². The summed E-state index contributed by atoms with van der Waals surface area (Å²) in [7, 11) is 0. The van der Waals surface area contributed by atoms with E-state index in [4.69, 9.17) is 11.5 Å². The number of rotatable bonds is 3. The van der Waals surface area contributed by atoms with Gasteiger partial charge in [-0.25, -0.2) is 0 Å². The molecule has 0 fully saturated rings. The first kappa shape index (κ1) is 11.0. The van der Waals surface area contributed by atoms with E-state index >= 15 is 0 Å². The number of nitrogens with two attached hydrogens (primary N) is 2. The fourth-order valence-electron chi connectivity index (χ4n) is 1.55. The zero-order valence-electron chi connectivity index (χ0n) is 8.75. The van der Waals surface area contributed by atoms with Gasteiger partial charge in [0.25, 0.3) is 0 Å². The summed E-state index contributed by atoms with van der Waals surface area (Å²) in [5, 5.41) is 9.58. The van der Waals surface area contributed by atoms with Crippen molar-refractivity contribution in [1.82, 2.24) is 0 Å². The molecule has 3 heteroatoms. The maximum Gasteiger partial charge on any atom is 0.121 e. The predicted molar refractivity (Wildman–Crippen MR) is 58.2 cm³/mol. The number of hydrogen-bond acceptors (Lipinski definition) is 3. The lowest BCUT2D eigenvalue weighted by molar-refractivity contribution is 0.466. The van der Waals surface area contributed by atoms with Crippen molar-refractivity contribution in [3.05, 3.63) is 28.8 Å². The average Bonchev–Trinajstić information content (AvgIpc) is 2.13. The van der Waals surface area contributed by atoms with Crippen LogP contribution >= 0.6 is 0 Å². The number of aryl methyl sites for hydroxylation is 2. The highest BCUT2D eigenvalue weighted by atomic mass is 16.3. The van der Waals surface area contributed by atoms with Crippen molar-refractivity contribution in [2.75, 3.05) is 6.54 Å². The van der Waals surface area contributed by atoms with Gasteiger partial charge in [-0.3, -0.25) is 0 Å². The van der Waals surface area contributed by atoms with Gasteiger partial charge in [-0.2, -0.15) is 0 Å². The van der Waals surface area contributed by atoms with E-state index in [1.54, 1.807) is 0 Å². The second kappa shape index (κ2) is 4.44. The van der Waals surface area contributed by atoms with Gasteiger partial charge in [0.05, 0.1) is 0 Å². The molecule has 0 saturated carbocycles. The average molecular weight is 194 g/mol. The summed E-state index contributed by atoms with van der Waals surface area (Å²) in [6.07, 6.45) is 0.768. The van der Waals surface area contributed by atoms with Crippen molar-refractivity contribution in [2.24, 2.45) is 11.5 Å². The summed E-state index contributed by atoms with van der Waals surface area (Å²) in [6, 6.07) is 3.81.